The molecule has 1 aliphatic heterocycles. The van der Waals surface area contributed by atoms with Gasteiger partial charge in [0.15, 0.2) is 0 Å². The lowest BCUT2D eigenvalue weighted by Crippen LogP contribution is -2.34. The number of nitrogens with zero attached hydrogens (tertiary/aromatic N) is 2. The van der Waals surface area contributed by atoms with Gasteiger partial charge in [0, 0.05) is 23.8 Å². The summed E-state index contributed by atoms with van der Waals surface area (Å²) in [5, 5.41) is 9.81. The number of esters is 1. The van der Waals surface area contributed by atoms with Crippen LogP contribution >= 0.6 is 11.6 Å². The number of allylic oxidation sites excluding steroid dienone is 2. The molecule has 1 aromatic carbocycles. The van der Waals surface area contributed by atoms with Crippen molar-refractivity contribution >= 4 is 23.3 Å². The zero-order valence-electron chi connectivity index (χ0n) is 13.5. The Bertz CT molecular complexity index is 668. The molecular formula is C18H19ClN2O3. The molecule has 1 fully saturated rings. The van der Waals surface area contributed by atoms with Gasteiger partial charge in [-0.15, -0.1) is 0 Å². The summed E-state index contributed by atoms with van der Waals surface area (Å²) < 4.78 is 10.3. The van der Waals surface area contributed by atoms with E-state index in [1.54, 1.807) is 13.0 Å². The Morgan fingerprint density at radius 1 is 1.33 bits per heavy atom. The minimum absolute atomic E-state index is 0.0310. The summed E-state index contributed by atoms with van der Waals surface area (Å²) in [6, 6.07) is 9.33. The first-order chi connectivity index (χ1) is 11.7. The maximum absolute atomic E-state index is 11.8. The number of rotatable bonds is 5. The van der Waals surface area contributed by atoms with Crippen LogP contribution in [-0.4, -0.2) is 43.8 Å². The molecule has 0 bridgehead atoms. The van der Waals surface area contributed by atoms with E-state index in [0.29, 0.717) is 18.2 Å². The molecule has 5 nitrogen and oxygen atoms in total. The molecule has 0 unspecified atom stereocenters. The van der Waals surface area contributed by atoms with Crippen molar-refractivity contribution in [3.63, 3.8) is 0 Å². The molecule has 24 heavy (non-hydrogen) atoms. The molecular weight excluding hydrogens is 328 g/mol. The van der Waals surface area contributed by atoms with Crippen LogP contribution in [0.25, 0.3) is 5.70 Å². The van der Waals surface area contributed by atoms with E-state index < -0.39 is 5.97 Å². The monoisotopic (exact) mass is 346 g/mol. The summed E-state index contributed by atoms with van der Waals surface area (Å²) in [5.74, 6) is -0.617. The van der Waals surface area contributed by atoms with Crippen molar-refractivity contribution in [1.82, 2.24) is 4.90 Å². The average Bonchev–Trinajstić information content (AvgIpc) is 2.61. The molecule has 1 aliphatic rings. The molecule has 2 rings (SSSR count). The fourth-order valence-corrected chi connectivity index (χ4v) is 2.46. The fourth-order valence-electron chi connectivity index (χ4n) is 2.33. The molecule has 0 aliphatic carbocycles. The molecule has 0 aromatic heterocycles. The van der Waals surface area contributed by atoms with Crippen molar-refractivity contribution in [3.8, 4) is 6.07 Å². The van der Waals surface area contributed by atoms with Gasteiger partial charge >= 0.3 is 5.97 Å². The van der Waals surface area contributed by atoms with Crippen LogP contribution in [0.2, 0.25) is 5.02 Å². The molecule has 6 heteroatoms. The molecule has 1 heterocycles. The largest absolute Gasteiger partial charge is 0.462 e. The number of hydrogen-bond donors (Lipinski definition) is 0. The molecule has 1 saturated heterocycles. The van der Waals surface area contributed by atoms with Gasteiger partial charge in [-0.2, -0.15) is 5.26 Å². The Kier molecular flexibility index (Phi) is 6.86. The Hall–Kier alpha value is -2.29. The van der Waals surface area contributed by atoms with Crippen LogP contribution in [0.3, 0.4) is 0 Å². The van der Waals surface area contributed by atoms with Gasteiger partial charge in [-0.05, 0) is 36.8 Å². The van der Waals surface area contributed by atoms with Crippen molar-refractivity contribution in [2.45, 2.75) is 6.92 Å². The average molecular weight is 347 g/mol. The predicted molar refractivity (Wildman–Crippen MR) is 92.2 cm³/mol. The highest BCUT2D eigenvalue weighted by Gasteiger charge is 2.16. The quantitative estimate of drug-likeness (QED) is 0.355. The summed E-state index contributed by atoms with van der Waals surface area (Å²) in [5.41, 5.74) is 1.84. The number of morpholine rings is 1. The second kappa shape index (κ2) is 9.11. The highest BCUT2D eigenvalue weighted by atomic mass is 35.5. The zero-order valence-corrected chi connectivity index (χ0v) is 14.3. The van der Waals surface area contributed by atoms with Crippen molar-refractivity contribution in [2.24, 2.45) is 0 Å². The van der Waals surface area contributed by atoms with Gasteiger partial charge in [-0.3, -0.25) is 0 Å². The third kappa shape index (κ3) is 4.85. The molecule has 0 saturated carbocycles. The van der Waals surface area contributed by atoms with E-state index in [-0.39, 0.29) is 12.2 Å². The van der Waals surface area contributed by atoms with Crippen LogP contribution in [0.1, 0.15) is 12.5 Å². The lowest BCUT2D eigenvalue weighted by atomic mass is 10.1. The highest BCUT2D eigenvalue weighted by Crippen LogP contribution is 2.23. The van der Waals surface area contributed by atoms with Gasteiger partial charge in [0.05, 0.1) is 19.8 Å². The molecule has 0 radical (unpaired) electrons. The van der Waals surface area contributed by atoms with E-state index >= 15 is 0 Å². The number of nitriles is 1. The number of carbonyl (C=O) groups excluding carboxylic acids is 1. The number of halogens is 1. The van der Waals surface area contributed by atoms with Crippen molar-refractivity contribution < 1.29 is 14.3 Å². The molecule has 0 atom stereocenters. The smallest absolute Gasteiger partial charge is 0.348 e. The standard InChI is InChI=1S/C18H19ClN2O3/c1-2-24-18(22)15(13-20)5-8-17(21-9-11-23-12-10-21)14-3-6-16(19)7-4-14/h3-8H,2,9-12H2,1H3/b15-5-,17-8-. The Morgan fingerprint density at radius 3 is 2.58 bits per heavy atom. The Labute approximate surface area is 146 Å². The SMILES string of the molecule is CCOC(=O)/C(C#N)=C\C=C(\c1ccc(Cl)cc1)N1CCOCC1. The number of carbonyl (C=O) groups is 1. The first-order valence-corrected chi connectivity index (χ1v) is 8.11. The zero-order chi connectivity index (χ0) is 17.4. The third-order valence-corrected chi connectivity index (χ3v) is 3.77. The molecule has 126 valence electrons. The lowest BCUT2D eigenvalue weighted by molar-refractivity contribution is -0.138. The van der Waals surface area contributed by atoms with E-state index in [1.807, 2.05) is 30.3 Å². The van der Waals surface area contributed by atoms with Crippen LogP contribution in [-0.2, 0) is 14.3 Å². The number of ether oxygens (including phenoxy) is 2. The first-order valence-electron chi connectivity index (χ1n) is 7.73. The van der Waals surface area contributed by atoms with Crippen LogP contribution in [0.4, 0.5) is 0 Å². The lowest BCUT2D eigenvalue weighted by Gasteiger charge is -2.31. The van der Waals surface area contributed by atoms with Crippen molar-refractivity contribution in [3.05, 3.63) is 52.6 Å². The van der Waals surface area contributed by atoms with Crippen LogP contribution in [0, 0.1) is 11.3 Å². The maximum atomic E-state index is 11.8. The van der Waals surface area contributed by atoms with Gasteiger partial charge in [0.2, 0.25) is 0 Å². The number of hydrogen-bond acceptors (Lipinski definition) is 5. The molecule has 1 aromatic rings. The predicted octanol–water partition coefficient (Wildman–Crippen LogP) is 3.03. The third-order valence-electron chi connectivity index (χ3n) is 3.52. The first kappa shape index (κ1) is 18.1. The van der Waals surface area contributed by atoms with Gasteiger partial charge < -0.3 is 14.4 Å². The summed E-state index contributed by atoms with van der Waals surface area (Å²) >= 11 is 5.96. The summed E-state index contributed by atoms with van der Waals surface area (Å²) in [7, 11) is 0. The van der Waals surface area contributed by atoms with Gasteiger partial charge in [0.25, 0.3) is 0 Å². The van der Waals surface area contributed by atoms with Gasteiger partial charge in [-0.1, -0.05) is 23.7 Å². The minimum Gasteiger partial charge on any atom is -0.462 e. The van der Waals surface area contributed by atoms with E-state index in [4.69, 9.17) is 26.3 Å². The Morgan fingerprint density at radius 2 is 2.00 bits per heavy atom. The topological polar surface area (TPSA) is 62.6 Å². The van der Waals surface area contributed by atoms with E-state index in [9.17, 15) is 4.79 Å². The van der Waals surface area contributed by atoms with E-state index in [2.05, 4.69) is 4.90 Å². The minimum atomic E-state index is -0.617. The van der Waals surface area contributed by atoms with Crippen LogP contribution < -0.4 is 0 Å². The van der Waals surface area contributed by atoms with Crippen LogP contribution in [0.5, 0.6) is 0 Å². The summed E-state index contributed by atoms with van der Waals surface area (Å²) in [6.45, 7) is 4.69. The van der Waals surface area contributed by atoms with E-state index in [1.165, 1.54) is 6.08 Å². The number of benzene rings is 1. The van der Waals surface area contributed by atoms with Crippen molar-refractivity contribution in [2.75, 3.05) is 32.9 Å². The summed E-state index contributed by atoms with van der Waals surface area (Å²) in [4.78, 5) is 13.9. The fraction of sp³-hybridized carbons (Fsp3) is 0.333. The maximum Gasteiger partial charge on any atom is 0.348 e. The van der Waals surface area contributed by atoms with E-state index in [0.717, 1.165) is 24.4 Å². The summed E-state index contributed by atoms with van der Waals surface area (Å²) in [6.07, 6.45) is 3.27. The van der Waals surface area contributed by atoms with Gasteiger partial charge in [0.1, 0.15) is 11.6 Å². The second-order valence-electron chi connectivity index (χ2n) is 5.07. The normalized spacial score (nSPS) is 15.8. The molecule has 0 N–H and O–H groups in total. The van der Waals surface area contributed by atoms with Gasteiger partial charge in [-0.25, -0.2) is 4.79 Å². The Balaban J connectivity index is 2.35. The second-order valence-corrected chi connectivity index (χ2v) is 5.51. The molecule has 0 spiro atoms. The highest BCUT2D eigenvalue weighted by molar-refractivity contribution is 6.30. The van der Waals surface area contributed by atoms with Crippen molar-refractivity contribution in [1.29, 1.82) is 5.26 Å². The van der Waals surface area contributed by atoms with Crippen LogP contribution in [0.15, 0.2) is 42.0 Å². The molecule has 0 amide bonds.